The number of hydrogen-bond donors (Lipinski definition) is 1. The van der Waals surface area contributed by atoms with Crippen molar-refractivity contribution >= 4 is 0 Å². The third kappa shape index (κ3) is 4.12. The lowest BCUT2D eigenvalue weighted by Crippen LogP contribution is -2.37. The normalized spacial score (nSPS) is 15.9. The molecule has 0 radical (unpaired) electrons. The molecule has 0 fully saturated rings. The Morgan fingerprint density at radius 2 is 1.54 bits per heavy atom. The van der Waals surface area contributed by atoms with Gasteiger partial charge in [-0.1, -0.05) is 41.5 Å². The fraction of sp³-hybridized carbons (Fsp3) is 1.00. The van der Waals surface area contributed by atoms with Crippen LogP contribution in [-0.2, 0) is 0 Å². The summed E-state index contributed by atoms with van der Waals surface area (Å²) < 4.78 is 0. The van der Waals surface area contributed by atoms with Gasteiger partial charge in [-0.15, -0.1) is 0 Å². The molecule has 0 aliphatic rings. The summed E-state index contributed by atoms with van der Waals surface area (Å²) in [6.45, 7) is 17.2. The maximum atomic E-state index is 3.47. The van der Waals surface area contributed by atoms with Gasteiger partial charge >= 0.3 is 0 Å². The topological polar surface area (TPSA) is 12.0 Å². The van der Waals surface area contributed by atoms with Crippen LogP contribution in [0.4, 0.5) is 0 Å². The van der Waals surface area contributed by atoms with E-state index in [0.29, 0.717) is 16.9 Å². The summed E-state index contributed by atoms with van der Waals surface area (Å²) in [4.78, 5) is 0. The van der Waals surface area contributed by atoms with E-state index in [1.807, 2.05) is 0 Å². The predicted octanol–water partition coefficient (Wildman–Crippen LogP) is 3.45. The lowest BCUT2D eigenvalue weighted by atomic mass is 9.66. The van der Waals surface area contributed by atoms with Gasteiger partial charge in [0.15, 0.2) is 0 Å². The molecule has 0 saturated carbocycles. The van der Waals surface area contributed by atoms with Crippen molar-refractivity contribution in [1.29, 1.82) is 0 Å². The van der Waals surface area contributed by atoms with E-state index in [1.54, 1.807) is 0 Å². The minimum atomic E-state index is 0.386. The van der Waals surface area contributed by atoms with Crippen LogP contribution in [0.5, 0.6) is 0 Å². The van der Waals surface area contributed by atoms with Crippen molar-refractivity contribution < 1.29 is 0 Å². The SMILES string of the molecule is CCNC(C)CC(C)(C)C(C)(C)C. The van der Waals surface area contributed by atoms with Crippen LogP contribution in [-0.4, -0.2) is 12.6 Å². The molecule has 1 N–H and O–H groups in total. The molecule has 0 saturated heterocycles. The molecule has 0 amide bonds. The Labute approximate surface area is 84.3 Å². The Hall–Kier alpha value is -0.0400. The summed E-state index contributed by atoms with van der Waals surface area (Å²) in [5.74, 6) is 0. The maximum absolute atomic E-state index is 3.47. The van der Waals surface area contributed by atoms with Crippen LogP contribution in [0.3, 0.4) is 0 Å². The van der Waals surface area contributed by atoms with E-state index in [1.165, 1.54) is 6.42 Å². The molecule has 80 valence electrons. The summed E-state index contributed by atoms with van der Waals surface area (Å²) in [6, 6.07) is 0.624. The van der Waals surface area contributed by atoms with Gasteiger partial charge in [0.2, 0.25) is 0 Å². The van der Waals surface area contributed by atoms with Crippen molar-refractivity contribution in [3.05, 3.63) is 0 Å². The number of nitrogens with one attached hydrogen (secondary N) is 1. The largest absolute Gasteiger partial charge is 0.315 e. The van der Waals surface area contributed by atoms with Crippen LogP contribution in [0.25, 0.3) is 0 Å². The average molecular weight is 185 g/mol. The van der Waals surface area contributed by atoms with E-state index in [2.05, 4.69) is 53.8 Å². The highest BCUT2D eigenvalue weighted by Gasteiger charge is 2.33. The van der Waals surface area contributed by atoms with Crippen molar-refractivity contribution in [2.24, 2.45) is 10.8 Å². The molecule has 0 aromatic rings. The second-order valence-electron chi connectivity index (χ2n) is 5.80. The van der Waals surface area contributed by atoms with E-state index in [9.17, 15) is 0 Å². The summed E-state index contributed by atoms with van der Waals surface area (Å²) >= 11 is 0. The van der Waals surface area contributed by atoms with Crippen molar-refractivity contribution in [3.63, 3.8) is 0 Å². The highest BCUT2D eigenvalue weighted by atomic mass is 14.9. The molecule has 0 rings (SSSR count). The lowest BCUT2D eigenvalue weighted by molar-refractivity contribution is 0.106. The molecule has 1 atom stereocenters. The molecule has 0 heterocycles. The molecule has 0 spiro atoms. The van der Waals surface area contributed by atoms with Crippen molar-refractivity contribution in [3.8, 4) is 0 Å². The van der Waals surface area contributed by atoms with Gasteiger partial charge in [0, 0.05) is 6.04 Å². The van der Waals surface area contributed by atoms with E-state index in [4.69, 9.17) is 0 Å². The third-order valence-electron chi connectivity index (χ3n) is 3.40. The van der Waals surface area contributed by atoms with Crippen LogP contribution >= 0.6 is 0 Å². The Morgan fingerprint density at radius 1 is 1.08 bits per heavy atom. The number of hydrogen-bond acceptors (Lipinski definition) is 1. The molecular weight excluding hydrogens is 158 g/mol. The second-order valence-corrected chi connectivity index (χ2v) is 5.80. The lowest BCUT2D eigenvalue weighted by Gasteiger charge is -2.40. The molecule has 1 heteroatoms. The smallest absolute Gasteiger partial charge is 0.00438 e. The summed E-state index contributed by atoms with van der Waals surface area (Å²) in [6.07, 6.45) is 1.24. The Bertz CT molecular complexity index is 142. The van der Waals surface area contributed by atoms with Gasteiger partial charge in [-0.25, -0.2) is 0 Å². The highest BCUT2D eigenvalue weighted by molar-refractivity contribution is 4.85. The van der Waals surface area contributed by atoms with Gasteiger partial charge in [0.25, 0.3) is 0 Å². The van der Waals surface area contributed by atoms with Crippen LogP contribution in [0.1, 0.15) is 54.9 Å². The molecule has 0 aromatic heterocycles. The van der Waals surface area contributed by atoms with Gasteiger partial charge in [0.1, 0.15) is 0 Å². The van der Waals surface area contributed by atoms with Crippen LogP contribution in [0.15, 0.2) is 0 Å². The average Bonchev–Trinajstić information content (AvgIpc) is 1.83. The van der Waals surface area contributed by atoms with Crippen molar-refractivity contribution in [2.75, 3.05) is 6.54 Å². The van der Waals surface area contributed by atoms with E-state index < -0.39 is 0 Å². The zero-order valence-electron chi connectivity index (χ0n) is 10.5. The first-order chi connectivity index (χ1) is 5.70. The molecule has 0 aliphatic carbocycles. The third-order valence-corrected chi connectivity index (χ3v) is 3.40. The molecule has 0 bridgehead atoms. The maximum Gasteiger partial charge on any atom is 0.00438 e. The fourth-order valence-electron chi connectivity index (χ4n) is 1.49. The van der Waals surface area contributed by atoms with Gasteiger partial charge < -0.3 is 5.32 Å². The van der Waals surface area contributed by atoms with E-state index in [0.717, 1.165) is 6.54 Å². The minimum absolute atomic E-state index is 0.386. The van der Waals surface area contributed by atoms with E-state index >= 15 is 0 Å². The Balaban J connectivity index is 4.17. The molecular formula is C12H27N. The van der Waals surface area contributed by atoms with Crippen LogP contribution < -0.4 is 5.32 Å². The van der Waals surface area contributed by atoms with Gasteiger partial charge in [0.05, 0.1) is 0 Å². The summed E-state index contributed by atoms with van der Waals surface area (Å²) in [7, 11) is 0. The first-order valence-electron chi connectivity index (χ1n) is 5.44. The minimum Gasteiger partial charge on any atom is -0.315 e. The standard InChI is InChI=1S/C12H27N/c1-8-13-10(2)9-12(6,7)11(3,4)5/h10,13H,8-9H2,1-7H3. The van der Waals surface area contributed by atoms with E-state index in [-0.39, 0.29) is 0 Å². The van der Waals surface area contributed by atoms with Crippen LogP contribution in [0, 0.1) is 10.8 Å². The van der Waals surface area contributed by atoms with Crippen LogP contribution in [0.2, 0.25) is 0 Å². The zero-order valence-corrected chi connectivity index (χ0v) is 10.5. The first kappa shape index (κ1) is 13.0. The Morgan fingerprint density at radius 3 is 1.85 bits per heavy atom. The molecule has 1 nitrogen and oxygen atoms in total. The molecule has 0 aliphatic heterocycles. The molecule has 0 aromatic carbocycles. The van der Waals surface area contributed by atoms with Gasteiger partial charge in [-0.3, -0.25) is 0 Å². The molecule has 1 unspecified atom stereocenters. The highest BCUT2D eigenvalue weighted by Crippen LogP contribution is 2.41. The van der Waals surface area contributed by atoms with Gasteiger partial charge in [-0.2, -0.15) is 0 Å². The quantitative estimate of drug-likeness (QED) is 0.707. The second kappa shape index (κ2) is 4.45. The van der Waals surface area contributed by atoms with Crippen molar-refractivity contribution in [2.45, 2.75) is 60.9 Å². The zero-order chi connectivity index (χ0) is 10.7. The predicted molar refractivity (Wildman–Crippen MR) is 61.0 cm³/mol. The first-order valence-corrected chi connectivity index (χ1v) is 5.44. The fourth-order valence-corrected chi connectivity index (χ4v) is 1.49. The molecule has 13 heavy (non-hydrogen) atoms. The number of rotatable bonds is 4. The van der Waals surface area contributed by atoms with Crippen molar-refractivity contribution in [1.82, 2.24) is 5.32 Å². The summed E-state index contributed by atoms with van der Waals surface area (Å²) in [5, 5.41) is 3.47. The summed E-state index contributed by atoms with van der Waals surface area (Å²) in [5.41, 5.74) is 0.783. The monoisotopic (exact) mass is 185 g/mol. The van der Waals surface area contributed by atoms with Gasteiger partial charge in [-0.05, 0) is 30.7 Å². The Kier molecular flexibility index (Phi) is 4.44.